The van der Waals surface area contributed by atoms with Crippen LogP contribution < -0.4 is 11.1 Å². The summed E-state index contributed by atoms with van der Waals surface area (Å²) in [5, 5.41) is 2.68. The van der Waals surface area contributed by atoms with Crippen LogP contribution in [0.4, 0.5) is 5.69 Å². The number of aryl methyl sites for hydroxylation is 1. The second-order valence-electron chi connectivity index (χ2n) is 4.34. The lowest BCUT2D eigenvalue weighted by Crippen LogP contribution is -2.40. The van der Waals surface area contributed by atoms with E-state index in [4.69, 9.17) is 5.73 Å². The Hall–Kier alpha value is -2.04. The van der Waals surface area contributed by atoms with Gasteiger partial charge in [-0.1, -0.05) is 6.07 Å². The fraction of sp³-hybridized carbons (Fsp3) is 0.429. The number of likely N-dealkylation sites (N-methyl/N-ethyl adjacent to an activating group) is 2. The molecule has 0 unspecified atom stereocenters. The van der Waals surface area contributed by atoms with Crippen molar-refractivity contribution in [1.82, 2.24) is 10.2 Å². The topological polar surface area (TPSA) is 75.4 Å². The van der Waals surface area contributed by atoms with Crippen molar-refractivity contribution in [2.24, 2.45) is 0 Å². The molecule has 2 amide bonds. The summed E-state index contributed by atoms with van der Waals surface area (Å²) in [6.45, 7) is 6.67. The van der Waals surface area contributed by atoms with Crippen LogP contribution in [-0.2, 0) is 4.79 Å². The van der Waals surface area contributed by atoms with Gasteiger partial charge in [-0.05, 0) is 38.5 Å². The molecule has 1 aromatic rings. The van der Waals surface area contributed by atoms with E-state index in [1.807, 2.05) is 26.8 Å². The molecule has 0 aliphatic heterocycles. The average molecular weight is 263 g/mol. The lowest BCUT2D eigenvalue weighted by molar-refractivity contribution is -0.121. The number of nitrogens with two attached hydrogens (primary N) is 1. The number of nitrogens with one attached hydrogen (secondary N) is 1. The molecule has 19 heavy (non-hydrogen) atoms. The number of carbonyl (C=O) groups excluding carboxylic acids is 2. The molecule has 0 saturated heterocycles. The normalized spacial score (nSPS) is 10.1. The highest BCUT2D eigenvalue weighted by Crippen LogP contribution is 2.14. The highest BCUT2D eigenvalue weighted by Gasteiger charge is 2.17. The van der Waals surface area contributed by atoms with Crippen molar-refractivity contribution in [2.75, 3.05) is 25.4 Å². The van der Waals surface area contributed by atoms with E-state index in [0.717, 1.165) is 5.56 Å². The molecule has 5 nitrogen and oxygen atoms in total. The zero-order chi connectivity index (χ0) is 14.4. The predicted molar refractivity (Wildman–Crippen MR) is 75.9 cm³/mol. The lowest BCUT2D eigenvalue weighted by Gasteiger charge is -2.20. The van der Waals surface area contributed by atoms with Crippen LogP contribution in [0, 0.1) is 6.92 Å². The van der Waals surface area contributed by atoms with Gasteiger partial charge in [0.1, 0.15) is 0 Å². The van der Waals surface area contributed by atoms with Crippen molar-refractivity contribution in [2.45, 2.75) is 20.8 Å². The summed E-state index contributed by atoms with van der Waals surface area (Å²) in [7, 11) is 0. The molecule has 0 aromatic heterocycles. The molecule has 0 fully saturated rings. The van der Waals surface area contributed by atoms with Gasteiger partial charge in [-0.15, -0.1) is 0 Å². The van der Waals surface area contributed by atoms with Crippen molar-refractivity contribution in [3.05, 3.63) is 29.3 Å². The number of anilines is 1. The van der Waals surface area contributed by atoms with Gasteiger partial charge in [-0.2, -0.15) is 0 Å². The third kappa shape index (κ3) is 3.98. The molecule has 0 aliphatic rings. The molecule has 1 rings (SSSR count). The summed E-state index contributed by atoms with van der Waals surface area (Å²) >= 11 is 0. The summed E-state index contributed by atoms with van der Waals surface area (Å²) in [5.74, 6) is -0.335. The Morgan fingerprint density at radius 1 is 1.32 bits per heavy atom. The lowest BCUT2D eigenvalue weighted by atomic mass is 10.1. The first-order valence-corrected chi connectivity index (χ1v) is 6.41. The van der Waals surface area contributed by atoms with Crippen molar-refractivity contribution < 1.29 is 9.59 Å². The summed E-state index contributed by atoms with van der Waals surface area (Å²) < 4.78 is 0. The SMILES string of the molecule is CCNC(=O)CN(CC)C(=O)c1ccc(C)c(N)c1. The number of amides is 2. The minimum absolute atomic E-state index is 0.0664. The van der Waals surface area contributed by atoms with Crippen LogP contribution in [0.3, 0.4) is 0 Å². The minimum Gasteiger partial charge on any atom is -0.398 e. The second-order valence-corrected chi connectivity index (χ2v) is 4.34. The van der Waals surface area contributed by atoms with E-state index >= 15 is 0 Å². The van der Waals surface area contributed by atoms with Gasteiger partial charge in [0.05, 0.1) is 6.54 Å². The average Bonchev–Trinajstić information content (AvgIpc) is 2.38. The third-order valence-electron chi connectivity index (χ3n) is 2.90. The number of hydrogen-bond acceptors (Lipinski definition) is 3. The monoisotopic (exact) mass is 263 g/mol. The molecular weight excluding hydrogens is 242 g/mol. The van der Waals surface area contributed by atoms with E-state index in [0.29, 0.717) is 24.3 Å². The molecule has 0 bridgehead atoms. The molecular formula is C14H21N3O2. The van der Waals surface area contributed by atoms with E-state index in [9.17, 15) is 9.59 Å². The first-order chi connectivity index (χ1) is 8.99. The maximum absolute atomic E-state index is 12.3. The molecule has 0 atom stereocenters. The van der Waals surface area contributed by atoms with Gasteiger partial charge in [0.2, 0.25) is 5.91 Å². The fourth-order valence-corrected chi connectivity index (χ4v) is 1.71. The Morgan fingerprint density at radius 2 is 2.00 bits per heavy atom. The van der Waals surface area contributed by atoms with Crippen molar-refractivity contribution >= 4 is 17.5 Å². The van der Waals surface area contributed by atoms with E-state index in [-0.39, 0.29) is 18.4 Å². The summed E-state index contributed by atoms with van der Waals surface area (Å²) in [5.41, 5.74) is 7.82. The van der Waals surface area contributed by atoms with E-state index < -0.39 is 0 Å². The minimum atomic E-state index is -0.180. The number of rotatable bonds is 5. The molecule has 0 radical (unpaired) electrons. The Labute approximate surface area is 113 Å². The van der Waals surface area contributed by atoms with Crippen molar-refractivity contribution in [3.63, 3.8) is 0 Å². The van der Waals surface area contributed by atoms with Crippen LogP contribution in [0.15, 0.2) is 18.2 Å². The highest BCUT2D eigenvalue weighted by atomic mass is 16.2. The number of benzene rings is 1. The van der Waals surface area contributed by atoms with E-state index in [1.54, 1.807) is 12.1 Å². The van der Waals surface area contributed by atoms with Gasteiger partial charge >= 0.3 is 0 Å². The molecule has 1 aromatic carbocycles. The second kappa shape index (κ2) is 6.78. The van der Waals surface area contributed by atoms with Crippen LogP contribution >= 0.6 is 0 Å². The standard InChI is InChI=1S/C14H21N3O2/c1-4-16-13(18)9-17(5-2)14(19)11-7-6-10(3)12(15)8-11/h6-8H,4-5,9,15H2,1-3H3,(H,16,18). The van der Waals surface area contributed by atoms with E-state index in [1.165, 1.54) is 4.90 Å². The van der Waals surface area contributed by atoms with E-state index in [2.05, 4.69) is 5.32 Å². The molecule has 0 aliphatic carbocycles. The largest absolute Gasteiger partial charge is 0.398 e. The Morgan fingerprint density at radius 3 is 2.53 bits per heavy atom. The Bertz CT molecular complexity index is 472. The van der Waals surface area contributed by atoms with Crippen LogP contribution in [0.2, 0.25) is 0 Å². The highest BCUT2D eigenvalue weighted by molar-refractivity contribution is 5.97. The van der Waals surface area contributed by atoms with Crippen LogP contribution in [0.1, 0.15) is 29.8 Å². The van der Waals surface area contributed by atoms with Gasteiger partial charge < -0.3 is 16.0 Å². The third-order valence-corrected chi connectivity index (χ3v) is 2.90. The molecule has 0 spiro atoms. The zero-order valence-electron chi connectivity index (χ0n) is 11.7. The Balaban J connectivity index is 2.83. The number of hydrogen-bond donors (Lipinski definition) is 2. The number of nitrogens with zero attached hydrogens (tertiary/aromatic N) is 1. The Kier molecular flexibility index (Phi) is 5.36. The van der Waals surface area contributed by atoms with Gasteiger partial charge in [0.15, 0.2) is 0 Å². The van der Waals surface area contributed by atoms with Gasteiger partial charge in [0.25, 0.3) is 5.91 Å². The molecule has 0 heterocycles. The maximum Gasteiger partial charge on any atom is 0.254 e. The summed E-state index contributed by atoms with van der Waals surface area (Å²) in [6.07, 6.45) is 0. The molecule has 5 heteroatoms. The van der Waals surface area contributed by atoms with Crippen LogP contribution in [0.5, 0.6) is 0 Å². The quantitative estimate of drug-likeness (QED) is 0.783. The van der Waals surface area contributed by atoms with Gasteiger partial charge in [-0.3, -0.25) is 9.59 Å². The molecule has 0 saturated carbocycles. The summed E-state index contributed by atoms with van der Waals surface area (Å²) in [6, 6.07) is 5.19. The zero-order valence-corrected chi connectivity index (χ0v) is 11.7. The van der Waals surface area contributed by atoms with Crippen LogP contribution in [-0.4, -0.2) is 36.3 Å². The first kappa shape index (κ1) is 15.0. The predicted octanol–water partition coefficient (Wildman–Crippen LogP) is 1.18. The van der Waals surface area contributed by atoms with Gasteiger partial charge in [0, 0.05) is 24.3 Å². The first-order valence-electron chi connectivity index (χ1n) is 6.41. The number of nitrogen functional groups attached to an aromatic ring is 1. The summed E-state index contributed by atoms with van der Waals surface area (Å²) in [4.78, 5) is 25.3. The van der Waals surface area contributed by atoms with Crippen molar-refractivity contribution in [1.29, 1.82) is 0 Å². The maximum atomic E-state index is 12.3. The number of carbonyl (C=O) groups is 2. The van der Waals surface area contributed by atoms with Crippen molar-refractivity contribution in [3.8, 4) is 0 Å². The molecule has 104 valence electrons. The molecule has 3 N–H and O–H groups in total. The van der Waals surface area contributed by atoms with Gasteiger partial charge in [-0.25, -0.2) is 0 Å². The smallest absolute Gasteiger partial charge is 0.254 e. The fourth-order valence-electron chi connectivity index (χ4n) is 1.71. The van der Waals surface area contributed by atoms with Crippen LogP contribution in [0.25, 0.3) is 0 Å².